The number of nitrogen functional groups attached to an aromatic ring is 1. The molecule has 0 unspecified atom stereocenters. The van der Waals surface area contributed by atoms with Gasteiger partial charge in [-0.15, -0.1) is 11.8 Å². The van der Waals surface area contributed by atoms with E-state index in [1.165, 1.54) is 7.11 Å². The highest BCUT2D eigenvalue weighted by Gasteiger charge is 2.03. The van der Waals surface area contributed by atoms with Crippen molar-refractivity contribution in [1.29, 1.82) is 0 Å². The molecule has 2 N–H and O–H groups in total. The molecule has 0 aliphatic rings. The van der Waals surface area contributed by atoms with E-state index in [0.717, 1.165) is 19.9 Å². The molecular weight excluding hydrogens is 325 g/mol. The van der Waals surface area contributed by atoms with Gasteiger partial charge in [-0.2, -0.15) is 0 Å². The molecule has 0 aromatic heterocycles. The minimum absolute atomic E-state index is 0.173. The number of rotatable bonds is 4. The number of halogens is 1. The number of anilines is 1. The van der Waals surface area contributed by atoms with Gasteiger partial charge < -0.3 is 10.5 Å². The lowest BCUT2D eigenvalue weighted by Crippen LogP contribution is -2.01. The standard InChI is InChI=1S/C10H12INO2S/c1-14-10(13)4-5-15-9-3-2-7(12)6-8(9)11/h2-3,6H,4-5,12H2,1H3. The number of ether oxygens (including phenoxy) is 1. The Morgan fingerprint density at radius 3 is 2.93 bits per heavy atom. The van der Waals surface area contributed by atoms with E-state index >= 15 is 0 Å². The molecule has 0 saturated heterocycles. The molecule has 0 aliphatic carbocycles. The Bertz CT molecular complexity index is 357. The van der Waals surface area contributed by atoms with Crippen LogP contribution in [0.15, 0.2) is 23.1 Å². The van der Waals surface area contributed by atoms with E-state index in [9.17, 15) is 4.79 Å². The Hall–Kier alpha value is -0.430. The number of benzene rings is 1. The molecule has 0 radical (unpaired) electrons. The summed E-state index contributed by atoms with van der Waals surface area (Å²) in [5.41, 5.74) is 6.40. The Morgan fingerprint density at radius 2 is 2.33 bits per heavy atom. The topological polar surface area (TPSA) is 52.3 Å². The Balaban J connectivity index is 2.47. The van der Waals surface area contributed by atoms with Crippen molar-refractivity contribution in [3.8, 4) is 0 Å². The van der Waals surface area contributed by atoms with Crippen molar-refractivity contribution in [1.82, 2.24) is 0 Å². The molecule has 0 aliphatic heterocycles. The zero-order valence-electron chi connectivity index (χ0n) is 8.33. The van der Waals surface area contributed by atoms with Crippen molar-refractivity contribution in [3.63, 3.8) is 0 Å². The van der Waals surface area contributed by atoms with Crippen LogP contribution in [-0.2, 0) is 9.53 Å². The number of hydrogen-bond acceptors (Lipinski definition) is 4. The Morgan fingerprint density at radius 1 is 1.60 bits per heavy atom. The van der Waals surface area contributed by atoms with Crippen LogP contribution in [0.2, 0.25) is 0 Å². The predicted octanol–water partition coefficient (Wildman–Crippen LogP) is 2.53. The van der Waals surface area contributed by atoms with Crippen molar-refractivity contribution >= 4 is 46.0 Å². The number of carbonyl (C=O) groups is 1. The fraction of sp³-hybridized carbons (Fsp3) is 0.300. The van der Waals surface area contributed by atoms with Crippen LogP contribution in [0, 0.1) is 3.57 Å². The molecule has 5 heteroatoms. The van der Waals surface area contributed by atoms with E-state index in [1.54, 1.807) is 11.8 Å². The summed E-state index contributed by atoms with van der Waals surface area (Å²) < 4.78 is 5.68. The first-order valence-electron chi connectivity index (χ1n) is 4.38. The summed E-state index contributed by atoms with van der Waals surface area (Å²) in [4.78, 5) is 12.0. The second kappa shape index (κ2) is 6.22. The first-order chi connectivity index (χ1) is 7.13. The zero-order valence-corrected chi connectivity index (χ0v) is 11.3. The SMILES string of the molecule is COC(=O)CCSc1ccc(N)cc1I. The summed E-state index contributed by atoms with van der Waals surface area (Å²) >= 11 is 3.87. The highest BCUT2D eigenvalue weighted by Crippen LogP contribution is 2.26. The first kappa shape index (κ1) is 12.6. The maximum absolute atomic E-state index is 10.9. The number of thioether (sulfide) groups is 1. The number of hydrogen-bond donors (Lipinski definition) is 1. The highest BCUT2D eigenvalue weighted by molar-refractivity contribution is 14.1. The molecule has 3 nitrogen and oxygen atoms in total. The lowest BCUT2D eigenvalue weighted by molar-refractivity contribution is -0.140. The summed E-state index contributed by atoms with van der Waals surface area (Å²) in [7, 11) is 1.40. The maximum atomic E-state index is 10.9. The van der Waals surface area contributed by atoms with Crippen LogP contribution < -0.4 is 5.73 Å². The Labute approximate surface area is 107 Å². The molecule has 0 amide bonds. The van der Waals surface area contributed by atoms with Crippen LogP contribution >= 0.6 is 34.4 Å². The van der Waals surface area contributed by atoms with E-state index in [-0.39, 0.29) is 5.97 Å². The van der Waals surface area contributed by atoms with Crippen molar-refractivity contribution in [3.05, 3.63) is 21.8 Å². The second-order valence-electron chi connectivity index (χ2n) is 2.86. The average Bonchev–Trinajstić information content (AvgIpc) is 2.21. The molecule has 0 saturated carbocycles. The Kier molecular flexibility index (Phi) is 5.24. The largest absolute Gasteiger partial charge is 0.469 e. The number of methoxy groups -OCH3 is 1. The van der Waals surface area contributed by atoms with Gasteiger partial charge >= 0.3 is 5.97 Å². The summed E-state index contributed by atoms with van der Waals surface area (Å²) in [6.07, 6.45) is 0.432. The van der Waals surface area contributed by atoms with Gasteiger partial charge in [-0.3, -0.25) is 4.79 Å². The lowest BCUT2D eigenvalue weighted by Gasteiger charge is -2.04. The summed E-state index contributed by atoms with van der Waals surface area (Å²) in [5, 5.41) is 0. The summed E-state index contributed by atoms with van der Waals surface area (Å²) in [6.45, 7) is 0. The lowest BCUT2D eigenvalue weighted by atomic mass is 10.3. The van der Waals surface area contributed by atoms with Gasteiger partial charge in [0, 0.05) is 19.9 Å². The second-order valence-corrected chi connectivity index (χ2v) is 5.16. The van der Waals surface area contributed by atoms with E-state index in [1.807, 2.05) is 18.2 Å². The molecule has 1 rings (SSSR count). The van der Waals surface area contributed by atoms with E-state index < -0.39 is 0 Å². The van der Waals surface area contributed by atoms with Crippen molar-refractivity contribution < 1.29 is 9.53 Å². The van der Waals surface area contributed by atoms with Gasteiger partial charge in [-0.05, 0) is 40.8 Å². The quantitative estimate of drug-likeness (QED) is 0.397. The molecule has 1 aromatic carbocycles. The predicted molar refractivity (Wildman–Crippen MR) is 70.9 cm³/mol. The van der Waals surface area contributed by atoms with Crippen LogP contribution in [-0.4, -0.2) is 18.8 Å². The molecule has 0 bridgehead atoms. The number of esters is 1. The molecule has 0 fully saturated rings. The van der Waals surface area contributed by atoms with Gasteiger partial charge in [0.2, 0.25) is 0 Å². The van der Waals surface area contributed by atoms with E-state index in [2.05, 4.69) is 27.3 Å². The van der Waals surface area contributed by atoms with Crippen molar-refractivity contribution in [2.75, 3.05) is 18.6 Å². The van der Waals surface area contributed by atoms with Gasteiger partial charge in [-0.1, -0.05) is 0 Å². The van der Waals surface area contributed by atoms with Crippen molar-refractivity contribution in [2.45, 2.75) is 11.3 Å². The van der Waals surface area contributed by atoms with Crippen LogP contribution in [0.5, 0.6) is 0 Å². The molecule has 82 valence electrons. The van der Waals surface area contributed by atoms with Crippen LogP contribution in [0.25, 0.3) is 0 Å². The molecular formula is C10H12INO2S. The fourth-order valence-corrected chi connectivity index (χ4v) is 2.84. The first-order valence-corrected chi connectivity index (χ1v) is 6.44. The highest BCUT2D eigenvalue weighted by atomic mass is 127. The smallest absolute Gasteiger partial charge is 0.306 e. The number of carbonyl (C=O) groups excluding carboxylic acids is 1. The number of nitrogens with two attached hydrogens (primary N) is 1. The minimum atomic E-state index is -0.173. The third kappa shape index (κ3) is 4.29. The minimum Gasteiger partial charge on any atom is -0.469 e. The molecule has 0 atom stereocenters. The van der Waals surface area contributed by atoms with Crippen LogP contribution in [0.1, 0.15) is 6.42 Å². The third-order valence-electron chi connectivity index (χ3n) is 1.75. The average molecular weight is 337 g/mol. The normalized spacial score (nSPS) is 10.0. The molecule has 0 heterocycles. The molecule has 15 heavy (non-hydrogen) atoms. The molecule has 0 spiro atoms. The third-order valence-corrected chi connectivity index (χ3v) is 4.08. The maximum Gasteiger partial charge on any atom is 0.306 e. The summed E-state index contributed by atoms with van der Waals surface area (Å²) in [5.74, 6) is 0.556. The van der Waals surface area contributed by atoms with Crippen molar-refractivity contribution in [2.24, 2.45) is 0 Å². The van der Waals surface area contributed by atoms with Gasteiger partial charge in [0.25, 0.3) is 0 Å². The van der Waals surface area contributed by atoms with Gasteiger partial charge in [-0.25, -0.2) is 0 Å². The van der Waals surface area contributed by atoms with Crippen LogP contribution in [0.3, 0.4) is 0 Å². The zero-order chi connectivity index (χ0) is 11.3. The van der Waals surface area contributed by atoms with Gasteiger partial charge in [0.05, 0.1) is 13.5 Å². The van der Waals surface area contributed by atoms with Gasteiger partial charge in [0.15, 0.2) is 0 Å². The van der Waals surface area contributed by atoms with E-state index in [0.29, 0.717) is 6.42 Å². The monoisotopic (exact) mass is 337 g/mol. The van der Waals surface area contributed by atoms with Gasteiger partial charge in [0.1, 0.15) is 0 Å². The summed E-state index contributed by atoms with van der Waals surface area (Å²) in [6, 6.07) is 5.75. The molecule has 1 aromatic rings. The van der Waals surface area contributed by atoms with Crippen LogP contribution in [0.4, 0.5) is 5.69 Å². The fourth-order valence-electron chi connectivity index (χ4n) is 0.981. The van der Waals surface area contributed by atoms with E-state index in [4.69, 9.17) is 5.73 Å².